The van der Waals surface area contributed by atoms with Crippen LogP contribution in [0.5, 0.6) is 5.75 Å². The Kier molecular flexibility index (Phi) is 2.64. The first-order valence-corrected chi connectivity index (χ1v) is 3.51. The van der Waals surface area contributed by atoms with Gasteiger partial charge < -0.3 is 4.74 Å². The largest absolute Gasteiger partial charge is 0.573 e. The molecule has 0 aliphatic heterocycles. The van der Waals surface area contributed by atoms with Crippen molar-refractivity contribution in [2.75, 3.05) is 0 Å². The SMILES string of the molecule is Cc1c(F)ccc(OC(F)(F)F)c1F. The Labute approximate surface area is 76.1 Å². The number of hydrogen-bond acceptors (Lipinski definition) is 1. The third kappa shape index (κ3) is 2.34. The normalized spacial score (nSPS) is 11.6. The predicted molar refractivity (Wildman–Crippen MR) is 37.8 cm³/mol. The molecule has 1 aromatic rings. The third-order valence-electron chi connectivity index (χ3n) is 1.51. The average Bonchev–Trinajstić information content (AvgIpc) is 2.04. The molecule has 0 saturated carbocycles. The first-order valence-electron chi connectivity index (χ1n) is 3.51. The van der Waals surface area contributed by atoms with Crippen LogP contribution >= 0.6 is 0 Å². The van der Waals surface area contributed by atoms with Gasteiger partial charge in [-0.25, -0.2) is 8.78 Å². The molecule has 0 atom stereocenters. The van der Waals surface area contributed by atoms with Crippen LogP contribution in [0.4, 0.5) is 22.0 Å². The molecule has 1 rings (SSSR count). The van der Waals surface area contributed by atoms with Gasteiger partial charge in [-0.2, -0.15) is 0 Å². The fourth-order valence-corrected chi connectivity index (χ4v) is 0.840. The van der Waals surface area contributed by atoms with Crippen LogP contribution in [-0.2, 0) is 0 Å². The van der Waals surface area contributed by atoms with Gasteiger partial charge in [0.1, 0.15) is 5.82 Å². The fourth-order valence-electron chi connectivity index (χ4n) is 0.840. The van der Waals surface area contributed by atoms with Gasteiger partial charge in [0.2, 0.25) is 0 Å². The topological polar surface area (TPSA) is 9.23 Å². The van der Waals surface area contributed by atoms with Crippen LogP contribution in [0.1, 0.15) is 5.56 Å². The van der Waals surface area contributed by atoms with E-state index in [2.05, 4.69) is 4.74 Å². The van der Waals surface area contributed by atoms with Crippen LogP contribution in [0.15, 0.2) is 12.1 Å². The van der Waals surface area contributed by atoms with E-state index in [9.17, 15) is 22.0 Å². The number of rotatable bonds is 1. The Bertz CT molecular complexity index is 344. The summed E-state index contributed by atoms with van der Waals surface area (Å²) >= 11 is 0. The summed E-state index contributed by atoms with van der Waals surface area (Å²) in [5.41, 5.74) is -0.508. The van der Waals surface area contributed by atoms with Gasteiger partial charge in [0.25, 0.3) is 0 Å². The highest BCUT2D eigenvalue weighted by atomic mass is 19.4. The summed E-state index contributed by atoms with van der Waals surface area (Å²) < 4.78 is 63.9. The maximum atomic E-state index is 12.9. The molecule has 0 aromatic heterocycles. The second-order valence-corrected chi connectivity index (χ2v) is 2.53. The summed E-state index contributed by atoms with van der Waals surface area (Å²) in [6, 6.07) is 1.30. The molecule has 0 fully saturated rings. The lowest BCUT2D eigenvalue weighted by molar-refractivity contribution is -0.275. The summed E-state index contributed by atoms with van der Waals surface area (Å²) in [4.78, 5) is 0. The molecule has 78 valence electrons. The van der Waals surface area contributed by atoms with Gasteiger partial charge in [-0.3, -0.25) is 0 Å². The number of halogens is 5. The van der Waals surface area contributed by atoms with Crippen LogP contribution in [0, 0.1) is 18.6 Å². The summed E-state index contributed by atoms with van der Waals surface area (Å²) in [6.45, 7) is 1.02. The van der Waals surface area contributed by atoms with E-state index in [-0.39, 0.29) is 0 Å². The van der Waals surface area contributed by atoms with E-state index in [1.54, 1.807) is 0 Å². The first-order chi connectivity index (χ1) is 6.31. The fraction of sp³-hybridized carbons (Fsp3) is 0.250. The van der Waals surface area contributed by atoms with Gasteiger partial charge in [0.05, 0.1) is 0 Å². The first kappa shape index (κ1) is 10.7. The van der Waals surface area contributed by atoms with Gasteiger partial charge in [-0.15, -0.1) is 13.2 Å². The van der Waals surface area contributed by atoms with Crippen molar-refractivity contribution in [1.82, 2.24) is 0 Å². The number of benzene rings is 1. The minimum absolute atomic E-state index is 0.508. The van der Waals surface area contributed by atoms with Crippen molar-refractivity contribution in [1.29, 1.82) is 0 Å². The average molecular weight is 212 g/mol. The molecule has 0 saturated heterocycles. The van der Waals surface area contributed by atoms with Crippen molar-refractivity contribution in [2.45, 2.75) is 13.3 Å². The monoisotopic (exact) mass is 212 g/mol. The standard InChI is InChI=1S/C8H5F5O/c1-4-5(9)2-3-6(7(4)10)14-8(11,12)13/h2-3H,1H3. The number of alkyl halides is 3. The molecule has 0 aliphatic rings. The van der Waals surface area contributed by atoms with Gasteiger partial charge >= 0.3 is 6.36 Å². The number of ether oxygens (including phenoxy) is 1. The van der Waals surface area contributed by atoms with Crippen molar-refractivity contribution in [3.63, 3.8) is 0 Å². The van der Waals surface area contributed by atoms with E-state index in [1.807, 2.05) is 0 Å². The Morgan fingerprint density at radius 1 is 1.14 bits per heavy atom. The Balaban J connectivity index is 3.06. The molecule has 14 heavy (non-hydrogen) atoms. The van der Waals surface area contributed by atoms with E-state index in [4.69, 9.17) is 0 Å². The molecule has 0 N–H and O–H groups in total. The van der Waals surface area contributed by atoms with Crippen molar-refractivity contribution in [3.8, 4) is 5.75 Å². The summed E-state index contributed by atoms with van der Waals surface area (Å²) in [6.07, 6.45) is -4.98. The maximum absolute atomic E-state index is 12.9. The van der Waals surface area contributed by atoms with Crippen LogP contribution < -0.4 is 4.74 Å². The second kappa shape index (κ2) is 3.43. The molecule has 0 amide bonds. The lowest BCUT2D eigenvalue weighted by Crippen LogP contribution is -2.18. The van der Waals surface area contributed by atoms with Crippen molar-refractivity contribution >= 4 is 0 Å². The van der Waals surface area contributed by atoms with Crippen LogP contribution in [-0.4, -0.2) is 6.36 Å². The van der Waals surface area contributed by atoms with E-state index in [0.717, 1.165) is 6.92 Å². The summed E-state index contributed by atoms with van der Waals surface area (Å²) in [5.74, 6) is -3.30. The van der Waals surface area contributed by atoms with E-state index < -0.39 is 29.3 Å². The molecular weight excluding hydrogens is 207 g/mol. The highest BCUT2D eigenvalue weighted by molar-refractivity contribution is 5.31. The molecule has 1 nitrogen and oxygen atoms in total. The smallest absolute Gasteiger partial charge is 0.403 e. The van der Waals surface area contributed by atoms with E-state index in [0.29, 0.717) is 12.1 Å². The van der Waals surface area contributed by atoms with Gasteiger partial charge in [0.15, 0.2) is 11.6 Å². The van der Waals surface area contributed by atoms with Gasteiger partial charge in [-0.1, -0.05) is 0 Å². The molecule has 0 aliphatic carbocycles. The molecule has 0 radical (unpaired) electrons. The predicted octanol–water partition coefficient (Wildman–Crippen LogP) is 3.17. The third-order valence-corrected chi connectivity index (χ3v) is 1.51. The molecule has 0 bridgehead atoms. The summed E-state index contributed by atoms with van der Waals surface area (Å²) in [7, 11) is 0. The molecule has 0 unspecified atom stereocenters. The van der Waals surface area contributed by atoms with Crippen LogP contribution in [0.3, 0.4) is 0 Å². The Morgan fingerprint density at radius 3 is 2.21 bits per heavy atom. The minimum atomic E-state index is -4.98. The highest BCUT2D eigenvalue weighted by Crippen LogP contribution is 2.28. The molecule has 0 heterocycles. The molecule has 6 heteroatoms. The second-order valence-electron chi connectivity index (χ2n) is 2.53. The lowest BCUT2D eigenvalue weighted by Gasteiger charge is -2.10. The van der Waals surface area contributed by atoms with Gasteiger partial charge in [-0.05, 0) is 19.1 Å². The zero-order chi connectivity index (χ0) is 10.9. The Hall–Kier alpha value is -1.33. The molecular formula is C8H5F5O. The van der Waals surface area contributed by atoms with E-state index in [1.165, 1.54) is 0 Å². The van der Waals surface area contributed by atoms with Crippen LogP contribution in [0.25, 0.3) is 0 Å². The van der Waals surface area contributed by atoms with E-state index >= 15 is 0 Å². The minimum Gasteiger partial charge on any atom is -0.403 e. The highest BCUT2D eigenvalue weighted by Gasteiger charge is 2.32. The lowest BCUT2D eigenvalue weighted by atomic mass is 10.2. The zero-order valence-corrected chi connectivity index (χ0v) is 6.95. The van der Waals surface area contributed by atoms with Gasteiger partial charge in [0, 0.05) is 5.56 Å². The van der Waals surface area contributed by atoms with Crippen molar-refractivity contribution < 1.29 is 26.7 Å². The van der Waals surface area contributed by atoms with Crippen LogP contribution in [0.2, 0.25) is 0 Å². The zero-order valence-electron chi connectivity index (χ0n) is 6.95. The van der Waals surface area contributed by atoms with Crippen molar-refractivity contribution in [3.05, 3.63) is 29.3 Å². The number of hydrogen-bond donors (Lipinski definition) is 0. The van der Waals surface area contributed by atoms with Crippen molar-refractivity contribution in [2.24, 2.45) is 0 Å². The maximum Gasteiger partial charge on any atom is 0.573 e. The molecule has 0 spiro atoms. The quantitative estimate of drug-likeness (QED) is 0.649. The summed E-state index contributed by atoms with van der Waals surface area (Å²) in [5, 5.41) is 0. The molecule has 1 aromatic carbocycles. The Morgan fingerprint density at radius 2 is 1.71 bits per heavy atom.